The molecule has 5 nitrogen and oxygen atoms in total. The van der Waals surface area contributed by atoms with Crippen molar-refractivity contribution in [2.24, 2.45) is 0 Å². The summed E-state index contributed by atoms with van der Waals surface area (Å²) in [5.74, 6) is -0.0889. The summed E-state index contributed by atoms with van der Waals surface area (Å²) in [6.45, 7) is 1.82. The summed E-state index contributed by atoms with van der Waals surface area (Å²) >= 11 is 7.18. The maximum Gasteiger partial charge on any atom is 0.293 e. The van der Waals surface area contributed by atoms with Gasteiger partial charge in [0.15, 0.2) is 5.76 Å². The molecule has 0 spiro atoms. The molecular formula is C12H8ClN3O2S. The number of aromatic nitrogens is 2. The molecule has 1 amide bonds. The van der Waals surface area contributed by atoms with E-state index in [1.807, 2.05) is 6.92 Å². The van der Waals surface area contributed by atoms with E-state index in [-0.39, 0.29) is 11.7 Å². The van der Waals surface area contributed by atoms with Gasteiger partial charge in [0.25, 0.3) is 5.91 Å². The molecule has 0 saturated carbocycles. The first-order valence-electron chi connectivity index (χ1n) is 5.41. The van der Waals surface area contributed by atoms with Crippen molar-refractivity contribution >= 4 is 44.9 Å². The van der Waals surface area contributed by atoms with E-state index in [9.17, 15) is 4.79 Å². The van der Waals surface area contributed by atoms with Crippen LogP contribution in [0.3, 0.4) is 0 Å². The predicted molar refractivity (Wildman–Crippen MR) is 73.8 cm³/mol. The number of furan rings is 1. The Balaban J connectivity index is 2.00. The average Bonchev–Trinajstić information content (AvgIpc) is 2.98. The molecule has 0 aliphatic heterocycles. The molecule has 96 valence electrons. The number of amides is 1. The molecule has 2 aromatic heterocycles. The summed E-state index contributed by atoms with van der Waals surface area (Å²) in [7, 11) is 0. The van der Waals surface area contributed by atoms with Gasteiger partial charge in [-0.1, -0.05) is 22.9 Å². The van der Waals surface area contributed by atoms with Crippen molar-refractivity contribution in [3.8, 4) is 0 Å². The van der Waals surface area contributed by atoms with Crippen LogP contribution in [0.5, 0.6) is 0 Å². The van der Waals surface area contributed by atoms with E-state index >= 15 is 0 Å². The minimum atomic E-state index is -0.346. The zero-order chi connectivity index (χ0) is 13.4. The fourth-order valence-electron chi connectivity index (χ4n) is 1.79. The number of carbonyl (C=O) groups excluding carboxylic acids is 1. The Labute approximate surface area is 117 Å². The number of fused-ring (bicyclic) bond motifs is 1. The normalized spacial score (nSPS) is 10.8. The molecule has 0 atom stereocenters. The fourth-order valence-corrected chi connectivity index (χ4v) is 2.40. The zero-order valence-electron chi connectivity index (χ0n) is 9.81. The number of nitrogens with one attached hydrogen (secondary N) is 1. The molecule has 0 bridgehead atoms. The van der Waals surface area contributed by atoms with Crippen molar-refractivity contribution in [1.82, 2.24) is 10.2 Å². The van der Waals surface area contributed by atoms with Gasteiger partial charge in [-0.25, -0.2) is 0 Å². The van der Waals surface area contributed by atoms with E-state index in [0.29, 0.717) is 15.7 Å². The SMILES string of the molecule is Cc1c(C(=O)Nc2nncs2)oc2ccc(Cl)cc12. The quantitative estimate of drug-likeness (QED) is 0.785. The second-order valence-corrected chi connectivity index (χ2v) is 5.16. The van der Waals surface area contributed by atoms with Gasteiger partial charge in [0, 0.05) is 16.0 Å². The van der Waals surface area contributed by atoms with E-state index in [1.165, 1.54) is 11.3 Å². The second kappa shape index (κ2) is 4.64. The summed E-state index contributed by atoms with van der Waals surface area (Å²) in [5, 5.41) is 11.9. The van der Waals surface area contributed by atoms with Crippen molar-refractivity contribution in [1.29, 1.82) is 0 Å². The zero-order valence-corrected chi connectivity index (χ0v) is 11.4. The van der Waals surface area contributed by atoms with Crippen LogP contribution in [-0.4, -0.2) is 16.1 Å². The monoisotopic (exact) mass is 293 g/mol. The van der Waals surface area contributed by atoms with Crippen LogP contribution in [-0.2, 0) is 0 Å². The Morgan fingerprint density at radius 2 is 2.32 bits per heavy atom. The number of hydrogen-bond donors (Lipinski definition) is 1. The van der Waals surface area contributed by atoms with Gasteiger partial charge < -0.3 is 4.42 Å². The average molecular weight is 294 g/mol. The van der Waals surface area contributed by atoms with E-state index in [4.69, 9.17) is 16.0 Å². The Hall–Kier alpha value is -1.92. The maximum absolute atomic E-state index is 12.1. The molecular weight excluding hydrogens is 286 g/mol. The van der Waals surface area contributed by atoms with Gasteiger partial charge in [0.05, 0.1) is 0 Å². The van der Waals surface area contributed by atoms with Gasteiger partial charge in [-0.2, -0.15) is 0 Å². The Morgan fingerprint density at radius 1 is 1.47 bits per heavy atom. The summed E-state index contributed by atoms with van der Waals surface area (Å²) in [5.41, 5.74) is 2.92. The van der Waals surface area contributed by atoms with Gasteiger partial charge in [-0.15, -0.1) is 10.2 Å². The van der Waals surface area contributed by atoms with E-state index in [2.05, 4.69) is 15.5 Å². The van der Waals surface area contributed by atoms with Crippen LogP contribution in [0.2, 0.25) is 5.02 Å². The van der Waals surface area contributed by atoms with Crippen LogP contribution >= 0.6 is 22.9 Å². The smallest absolute Gasteiger partial charge is 0.293 e. The highest BCUT2D eigenvalue weighted by Crippen LogP contribution is 2.28. The van der Waals surface area contributed by atoms with Gasteiger partial charge in [0.1, 0.15) is 11.1 Å². The first kappa shape index (κ1) is 12.1. The summed E-state index contributed by atoms with van der Waals surface area (Å²) in [6.07, 6.45) is 0. The van der Waals surface area contributed by atoms with Crippen LogP contribution in [0.15, 0.2) is 28.1 Å². The lowest BCUT2D eigenvalue weighted by molar-refractivity contribution is 0.0998. The van der Waals surface area contributed by atoms with Crippen molar-refractivity contribution in [3.05, 3.63) is 40.1 Å². The van der Waals surface area contributed by atoms with Crippen LogP contribution in [0.4, 0.5) is 5.13 Å². The first-order chi connectivity index (χ1) is 9.15. The molecule has 0 aliphatic carbocycles. The molecule has 0 aliphatic rings. The third-order valence-corrected chi connectivity index (χ3v) is 3.53. The number of aryl methyl sites for hydroxylation is 1. The van der Waals surface area contributed by atoms with E-state index < -0.39 is 0 Å². The molecule has 0 fully saturated rings. The molecule has 0 unspecified atom stereocenters. The lowest BCUT2D eigenvalue weighted by Crippen LogP contribution is -2.11. The van der Waals surface area contributed by atoms with Crippen LogP contribution in [0.1, 0.15) is 16.1 Å². The van der Waals surface area contributed by atoms with Crippen molar-refractivity contribution in [2.45, 2.75) is 6.92 Å². The van der Waals surface area contributed by atoms with Crippen molar-refractivity contribution < 1.29 is 9.21 Å². The maximum atomic E-state index is 12.1. The van der Waals surface area contributed by atoms with Crippen molar-refractivity contribution in [3.63, 3.8) is 0 Å². The number of nitrogens with zero attached hydrogens (tertiary/aromatic N) is 2. The highest BCUT2D eigenvalue weighted by atomic mass is 35.5. The number of rotatable bonds is 2. The largest absolute Gasteiger partial charge is 0.451 e. The highest BCUT2D eigenvalue weighted by molar-refractivity contribution is 7.13. The number of carbonyl (C=O) groups is 1. The topological polar surface area (TPSA) is 68.0 Å². The number of halogens is 1. The number of hydrogen-bond acceptors (Lipinski definition) is 5. The molecule has 0 radical (unpaired) electrons. The molecule has 1 aromatic carbocycles. The summed E-state index contributed by atoms with van der Waals surface area (Å²) in [6, 6.07) is 5.24. The molecule has 3 rings (SSSR count). The molecule has 7 heteroatoms. The predicted octanol–water partition coefficient (Wildman–Crippen LogP) is 3.50. The Kier molecular flexibility index (Phi) is 2.96. The Bertz CT molecular complexity index is 752. The summed E-state index contributed by atoms with van der Waals surface area (Å²) in [4.78, 5) is 12.1. The van der Waals surface area contributed by atoms with E-state index in [1.54, 1.807) is 23.7 Å². The second-order valence-electron chi connectivity index (χ2n) is 3.89. The standard InChI is InChI=1S/C12H8ClN3O2S/c1-6-8-4-7(13)2-3-9(8)18-10(6)11(17)15-12-16-14-5-19-12/h2-5H,1H3,(H,15,16,17). The minimum Gasteiger partial charge on any atom is -0.451 e. The fraction of sp³-hybridized carbons (Fsp3) is 0.0833. The molecule has 3 aromatic rings. The van der Waals surface area contributed by atoms with Crippen LogP contribution in [0.25, 0.3) is 11.0 Å². The van der Waals surface area contributed by atoms with Gasteiger partial charge >= 0.3 is 0 Å². The minimum absolute atomic E-state index is 0.257. The molecule has 19 heavy (non-hydrogen) atoms. The highest BCUT2D eigenvalue weighted by Gasteiger charge is 2.18. The Morgan fingerprint density at radius 3 is 3.05 bits per heavy atom. The third-order valence-electron chi connectivity index (χ3n) is 2.68. The van der Waals surface area contributed by atoms with Gasteiger partial charge in [-0.3, -0.25) is 10.1 Å². The van der Waals surface area contributed by atoms with Gasteiger partial charge in [-0.05, 0) is 25.1 Å². The van der Waals surface area contributed by atoms with Crippen LogP contribution in [0, 0.1) is 6.92 Å². The lowest BCUT2D eigenvalue weighted by Gasteiger charge is -1.97. The first-order valence-corrected chi connectivity index (χ1v) is 6.67. The number of benzene rings is 1. The summed E-state index contributed by atoms with van der Waals surface area (Å²) < 4.78 is 5.55. The van der Waals surface area contributed by atoms with Crippen molar-refractivity contribution in [2.75, 3.05) is 5.32 Å². The third kappa shape index (κ3) is 2.20. The lowest BCUT2D eigenvalue weighted by atomic mass is 10.1. The van der Waals surface area contributed by atoms with E-state index in [0.717, 1.165) is 10.9 Å². The molecule has 1 N–H and O–H groups in total. The molecule has 2 heterocycles. The van der Waals surface area contributed by atoms with Gasteiger partial charge in [0.2, 0.25) is 5.13 Å². The van der Waals surface area contributed by atoms with Crippen LogP contribution < -0.4 is 5.32 Å². The molecule has 0 saturated heterocycles. The number of anilines is 1.